The van der Waals surface area contributed by atoms with Crippen LogP contribution in [0.1, 0.15) is 43.0 Å². The van der Waals surface area contributed by atoms with Crippen molar-refractivity contribution in [2.45, 2.75) is 26.3 Å². The van der Waals surface area contributed by atoms with Crippen molar-refractivity contribution in [3.05, 3.63) is 31.7 Å². The highest BCUT2D eigenvalue weighted by Gasteiger charge is 2.32. The highest BCUT2D eigenvalue weighted by Crippen LogP contribution is 2.49. The molecule has 2 aromatic rings. The summed E-state index contributed by atoms with van der Waals surface area (Å²) in [5.74, 6) is 1.50. The van der Waals surface area contributed by atoms with Gasteiger partial charge < -0.3 is 26.3 Å². The standard InChI is InChI=1S/C20H20Br2N8O2/c1-3-5-32-17-11(31-4-2)6-9(13(21)14(17)22)16-12-15(25)10(7-23)18(26)29-19(12)30-20(28-16)27-8-24/h6,16H,3-5H2,1-2H3,(H6,25,26,27,28,29,30). The van der Waals surface area contributed by atoms with Crippen molar-refractivity contribution in [2.75, 3.05) is 30.0 Å². The first kappa shape index (κ1) is 23.4. The number of rotatable bonds is 6. The zero-order valence-corrected chi connectivity index (χ0v) is 20.5. The highest BCUT2D eigenvalue weighted by atomic mass is 79.9. The van der Waals surface area contributed by atoms with E-state index in [1.54, 1.807) is 6.07 Å². The van der Waals surface area contributed by atoms with Gasteiger partial charge in [0.25, 0.3) is 0 Å². The smallest absolute Gasteiger partial charge is 0.211 e. The van der Waals surface area contributed by atoms with Gasteiger partial charge in [-0.1, -0.05) is 6.92 Å². The number of benzene rings is 1. The molecule has 1 unspecified atom stereocenters. The number of halogens is 2. The van der Waals surface area contributed by atoms with Crippen molar-refractivity contribution >= 4 is 55.1 Å². The largest absolute Gasteiger partial charge is 0.490 e. The number of guanidine groups is 1. The van der Waals surface area contributed by atoms with E-state index < -0.39 is 6.04 Å². The lowest BCUT2D eigenvalue weighted by molar-refractivity contribution is 0.274. The third-order valence-electron chi connectivity index (χ3n) is 4.56. The zero-order valence-electron chi connectivity index (χ0n) is 17.3. The first-order chi connectivity index (χ1) is 15.4. The number of nitriles is 2. The summed E-state index contributed by atoms with van der Waals surface area (Å²) >= 11 is 7.21. The van der Waals surface area contributed by atoms with Crippen LogP contribution in [0.25, 0.3) is 0 Å². The van der Waals surface area contributed by atoms with Crippen molar-refractivity contribution in [1.82, 2.24) is 10.3 Å². The van der Waals surface area contributed by atoms with Crippen molar-refractivity contribution in [1.29, 1.82) is 10.5 Å². The molecule has 0 radical (unpaired) electrons. The van der Waals surface area contributed by atoms with Gasteiger partial charge in [-0.2, -0.15) is 10.5 Å². The van der Waals surface area contributed by atoms with Crippen LogP contribution in [0, 0.1) is 22.8 Å². The maximum atomic E-state index is 9.51. The van der Waals surface area contributed by atoms with E-state index >= 15 is 0 Å². The molecule has 0 saturated carbocycles. The number of pyridine rings is 1. The van der Waals surface area contributed by atoms with E-state index in [-0.39, 0.29) is 23.0 Å². The Morgan fingerprint density at radius 3 is 2.59 bits per heavy atom. The van der Waals surface area contributed by atoms with E-state index in [0.29, 0.717) is 50.6 Å². The molecule has 0 amide bonds. The molecule has 1 atom stereocenters. The normalized spacial score (nSPS) is 14.3. The van der Waals surface area contributed by atoms with Crippen molar-refractivity contribution < 1.29 is 9.47 Å². The van der Waals surface area contributed by atoms with Crippen LogP contribution in [-0.4, -0.2) is 24.2 Å². The van der Waals surface area contributed by atoms with Crippen molar-refractivity contribution in [2.24, 2.45) is 4.99 Å². The van der Waals surface area contributed by atoms with Crippen LogP contribution in [0.15, 0.2) is 20.0 Å². The number of hydrogen-bond donors (Lipinski definition) is 4. The van der Waals surface area contributed by atoms with Crippen LogP contribution in [0.3, 0.4) is 0 Å². The molecule has 166 valence electrons. The molecule has 1 aliphatic rings. The average molecular weight is 564 g/mol. The van der Waals surface area contributed by atoms with Gasteiger partial charge in [-0.05, 0) is 51.3 Å². The minimum atomic E-state index is -0.729. The van der Waals surface area contributed by atoms with Gasteiger partial charge in [-0.3, -0.25) is 5.32 Å². The molecule has 1 aliphatic heterocycles. The number of nitrogens with one attached hydrogen (secondary N) is 2. The van der Waals surface area contributed by atoms with Crippen LogP contribution < -0.4 is 31.6 Å². The fourth-order valence-corrected chi connectivity index (χ4v) is 4.26. The summed E-state index contributed by atoms with van der Waals surface area (Å²) in [6.07, 6.45) is 2.66. The Morgan fingerprint density at radius 2 is 1.97 bits per heavy atom. The lowest BCUT2D eigenvalue weighted by Crippen LogP contribution is -2.33. The molecule has 0 bridgehead atoms. The van der Waals surface area contributed by atoms with Gasteiger partial charge in [0.2, 0.25) is 5.96 Å². The molecule has 10 nitrogen and oxygen atoms in total. The third kappa shape index (κ3) is 4.24. The second-order valence-corrected chi connectivity index (χ2v) is 8.19. The van der Waals surface area contributed by atoms with E-state index in [4.69, 9.17) is 26.2 Å². The van der Waals surface area contributed by atoms with Crippen molar-refractivity contribution in [3.63, 3.8) is 0 Å². The first-order valence-electron chi connectivity index (χ1n) is 9.64. The fourth-order valence-electron chi connectivity index (χ4n) is 3.21. The van der Waals surface area contributed by atoms with Gasteiger partial charge >= 0.3 is 0 Å². The predicted octanol–water partition coefficient (Wildman–Crippen LogP) is 3.77. The van der Waals surface area contributed by atoms with E-state index in [1.807, 2.05) is 26.1 Å². The second-order valence-electron chi connectivity index (χ2n) is 6.60. The number of fused-ring (bicyclic) bond motifs is 1. The summed E-state index contributed by atoms with van der Waals surface area (Å²) in [4.78, 5) is 8.87. The van der Waals surface area contributed by atoms with Gasteiger partial charge in [-0.25, -0.2) is 9.98 Å². The van der Waals surface area contributed by atoms with Crippen LogP contribution >= 0.6 is 31.9 Å². The number of anilines is 3. The number of aliphatic imine (C=N–C) groups is 1. The Kier molecular flexibility index (Phi) is 7.28. The summed E-state index contributed by atoms with van der Waals surface area (Å²) in [7, 11) is 0. The van der Waals surface area contributed by atoms with Gasteiger partial charge in [-0.15, -0.1) is 0 Å². The molecule has 1 aromatic carbocycles. The summed E-state index contributed by atoms with van der Waals surface area (Å²) in [5.41, 5.74) is 13.6. The summed E-state index contributed by atoms with van der Waals surface area (Å²) in [5, 5.41) is 24.0. The Labute approximate surface area is 201 Å². The highest BCUT2D eigenvalue weighted by molar-refractivity contribution is 9.13. The van der Waals surface area contributed by atoms with E-state index in [2.05, 4.69) is 52.5 Å². The first-order valence-corrected chi connectivity index (χ1v) is 11.2. The molecule has 3 rings (SSSR count). The quantitative estimate of drug-likeness (QED) is 0.302. The lowest BCUT2D eigenvalue weighted by atomic mass is 9.95. The lowest BCUT2D eigenvalue weighted by Gasteiger charge is -2.28. The maximum Gasteiger partial charge on any atom is 0.211 e. The minimum absolute atomic E-state index is 0.0215. The zero-order chi connectivity index (χ0) is 23.4. The number of nitrogen functional groups attached to an aromatic ring is 2. The minimum Gasteiger partial charge on any atom is -0.490 e. The third-order valence-corrected chi connectivity index (χ3v) is 6.70. The molecule has 0 saturated heterocycles. The molecule has 1 aromatic heterocycles. The van der Waals surface area contributed by atoms with Crippen LogP contribution in [0.2, 0.25) is 0 Å². The molecular weight excluding hydrogens is 544 g/mol. The predicted molar refractivity (Wildman–Crippen MR) is 128 cm³/mol. The molecule has 0 aliphatic carbocycles. The van der Waals surface area contributed by atoms with Crippen LogP contribution in [0.4, 0.5) is 17.3 Å². The van der Waals surface area contributed by atoms with Gasteiger partial charge in [0, 0.05) is 15.6 Å². The number of ether oxygens (including phenoxy) is 2. The summed E-state index contributed by atoms with van der Waals surface area (Å²) in [6, 6.07) is 3.05. The van der Waals surface area contributed by atoms with Crippen molar-refractivity contribution in [3.8, 4) is 23.8 Å². The average Bonchev–Trinajstić information content (AvgIpc) is 2.76. The summed E-state index contributed by atoms with van der Waals surface area (Å²) < 4.78 is 13.0. The molecule has 2 heterocycles. The number of nitrogens with two attached hydrogens (primary N) is 2. The van der Waals surface area contributed by atoms with Crippen LogP contribution in [-0.2, 0) is 0 Å². The number of aromatic nitrogens is 1. The number of hydrogen-bond acceptors (Lipinski definition) is 10. The van der Waals surface area contributed by atoms with Gasteiger partial charge in [0.15, 0.2) is 17.7 Å². The monoisotopic (exact) mass is 562 g/mol. The molecule has 6 N–H and O–H groups in total. The Morgan fingerprint density at radius 1 is 1.22 bits per heavy atom. The van der Waals surface area contributed by atoms with Gasteiger partial charge in [0.05, 0.1) is 23.4 Å². The topological polar surface area (TPSA) is 167 Å². The fraction of sp³-hybridized carbons (Fsp3) is 0.300. The Balaban J connectivity index is 2.29. The van der Waals surface area contributed by atoms with E-state index in [0.717, 1.165) is 6.42 Å². The second kappa shape index (κ2) is 9.94. The van der Waals surface area contributed by atoms with Crippen LogP contribution in [0.5, 0.6) is 11.5 Å². The number of nitrogens with zero attached hydrogens (tertiary/aromatic N) is 4. The molecule has 0 spiro atoms. The SMILES string of the molecule is CCCOc1c(OCC)cc(C2N=C(NC#N)Nc3nc(N)c(C#N)c(N)c32)c(Br)c1Br. The Hall–Kier alpha value is -3.22. The molecule has 32 heavy (non-hydrogen) atoms. The van der Waals surface area contributed by atoms with E-state index in [9.17, 15) is 5.26 Å². The van der Waals surface area contributed by atoms with E-state index in [1.165, 1.54) is 0 Å². The Bertz CT molecular complexity index is 1170. The molecule has 12 heteroatoms. The molecular formula is C20H20Br2N8O2. The maximum absolute atomic E-state index is 9.51. The summed E-state index contributed by atoms with van der Waals surface area (Å²) in [6.45, 7) is 4.81. The molecule has 0 fully saturated rings. The van der Waals surface area contributed by atoms with Gasteiger partial charge in [0.1, 0.15) is 29.3 Å².